The summed E-state index contributed by atoms with van der Waals surface area (Å²) in [4.78, 5) is 1.48. The highest BCUT2D eigenvalue weighted by Gasteiger charge is 2.04. The van der Waals surface area contributed by atoms with E-state index in [0.717, 1.165) is 12.8 Å². The first kappa shape index (κ1) is 7.73. The van der Waals surface area contributed by atoms with E-state index in [2.05, 4.69) is 24.6 Å². The summed E-state index contributed by atoms with van der Waals surface area (Å²) in [6, 6.07) is 0. The lowest BCUT2D eigenvalue weighted by Crippen LogP contribution is -2.08. The van der Waals surface area contributed by atoms with Crippen molar-refractivity contribution in [3.63, 3.8) is 0 Å². The maximum absolute atomic E-state index is 3.25. The molecule has 1 nitrogen and oxygen atoms in total. The number of nitrogens with one attached hydrogen (secondary N) is 1. The molecule has 0 fully saturated rings. The number of hydrogen-bond donors (Lipinski definition) is 1. The second-order valence-corrected chi connectivity index (χ2v) is 3.17. The van der Waals surface area contributed by atoms with E-state index in [1.54, 1.807) is 0 Å². The summed E-state index contributed by atoms with van der Waals surface area (Å²) in [7, 11) is 0. The van der Waals surface area contributed by atoms with E-state index in [-0.39, 0.29) is 0 Å². The lowest BCUT2D eigenvalue weighted by Gasteiger charge is -2.14. The minimum Gasteiger partial charge on any atom is -0.364 e. The standard InChI is InChI=1S/C8H13NS/c1-3-7-8(4-2)10-6-5-9-7/h5-6,9H,3-4H2,1-2H3. The minimum absolute atomic E-state index is 1.11. The summed E-state index contributed by atoms with van der Waals surface area (Å²) in [5, 5.41) is 5.34. The van der Waals surface area contributed by atoms with Crippen LogP contribution in [0, 0.1) is 0 Å². The summed E-state index contributed by atoms with van der Waals surface area (Å²) in [6.07, 6.45) is 4.26. The average molecular weight is 155 g/mol. The third kappa shape index (κ3) is 1.57. The highest BCUT2D eigenvalue weighted by atomic mass is 32.2. The smallest absolute Gasteiger partial charge is 0.0243 e. The SMILES string of the molecule is CCC1=C(CC)SC=CN1. The van der Waals surface area contributed by atoms with Crippen LogP contribution in [-0.2, 0) is 0 Å². The van der Waals surface area contributed by atoms with Crippen molar-refractivity contribution in [3.8, 4) is 0 Å². The van der Waals surface area contributed by atoms with Gasteiger partial charge in [-0.3, -0.25) is 0 Å². The zero-order chi connectivity index (χ0) is 7.40. The van der Waals surface area contributed by atoms with Gasteiger partial charge in [-0.25, -0.2) is 0 Å². The molecular formula is C8H13NS. The summed E-state index contributed by atoms with van der Waals surface area (Å²) in [5.41, 5.74) is 1.38. The second-order valence-electron chi connectivity index (χ2n) is 2.17. The van der Waals surface area contributed by atoms with Crippen molar-refractivity contribution in [1.29, 1.82) is 0 Å². The zero-order valence-electron chi connectivity index (χ0n) is 6.48. The Balaban J connectivity index is 2.66. The van der Waals surface area contributed by atoms with Gasteiger partial charge in [-0.2, -0.15) is 0 Å². The first-order chi connectivity index (χ1) is 4.88. The van der Waals surface area contributed by atoms with Crippen LogP contribution < -0.4 is 5.32 Å². The molecule has 0 unspecified atom stereocenters. The first-order valence-corrected chi connectivity index (χ1v) is 4.56. The van der Waals surface area contributed by atoms with Crippen molar-refractivity contribution >= 4 is 11.8 Å². The maximum atomic E-state index is 3.25. The largest absolute Gasteiger partial charge is 0.364 e. The van der Waals surface area contributed by atoms with Crippen molar-refractivity contribution in [1.82, 2.24) is 5.32 Å². The van der Waals surface area contributed by atoms with Crippen LogP contribution in [0.25, 0.3) is 0 Å². The maximum Gasteiger partial charge on any atom is 0.0243 e. The minimum atomic E-state index is 1.11. The lowest BCUT2D eigenvalue weighted by molar-refractivity contribution is 0.913. The first-order valence-electron chi connectivity index (χ1n) is 3.68. The van der Waals surface area contributed by atoms with Crippen LogP contribution in [0.4, 0.5) is 0 Å². The van der Waals surface area contributed by atoms with Crippen LogP contribution in [0.2, 0.25) is 0 Å². The molecule has 2 heteroatoms. The van der Waals surface area contributed by atoms with Crippen LogP contribution >= 0.6 is 11.8 Å². The molecule has 0 bridgehead atoms. The molecule has 10 heavy (non-hydrogen) atoms. The van der Waals surface area contributed by atoms with Crippen molar-refractivity contribution in [3.05, 3.63) is 22.2 Å². The lowest BCUT2D eigenvalue weighted by atomic mass is 10.3. The van der Waals surface area contributed by atoms with Gasteiger partial charge in [-0.15, -0.1) is 0 Å². The molecule has 0 spiro atoms. The number of thioether (sulfide) groups is 1. The van der Waals surface area contributed by atoms with Gasteiger partial charge in [0.15, 0.2) is 0 Å². The molecule has 1 rings (SSSR count). The highest BCUT2D eigenvalue weighted by molar-refractivity contribution is 8.05. The molecule has 0 aliphatic carbocycles. The number of hydrogen-bond acceptors (Lipinski definition) is 2. The fourth-order valence-corrected chi connectivity index (χ4v) is 1.81. The molecular weight excluding hydrogens is 142 g/mol. The highest BCUT2D eigenvalue weighted by Crippen LogP contribution is 2.27. The van der Waals surface area contributed by atoms with E-state index in [1.165, 1.54) is 10.6 Å². The van der Waals surface area contributed by atoms with Gasteiger partial charge in [0.2, 0.25) is 0 Å². The van der Waals surface area contributed by atoms with Crippen LogP contribution in [0.3, 0.4) is 0 Å². The Bertz CT molecular complexity index is 152. The fraction of sp³-hybridized carbons (Fsp3) is 0.500. The van der Waals surface area contributed by atoms with Crippen LogP contribution in [0.5, 0.6) is 0 Å². The average Bonchev–Trinajstić information content (AvgIpc) is 2.04. The van der Waals surface area contributed by atoms with E-state index in [4.69, 9.17) is 0 Å². The molecule has 0 saturated carbocycles. The molecule has 1 aliphatic heterocycles. The molecule has 0 aromatic carbocycles. The molecule has 0 saturated heterocycles. The van der Waals surface area contributed by atoms with E-state index in [0.29, 0.717) is 0 Å². The van der Waals surface area contributed by atoms with E-state index in [1.807, 2.05) is 18.0 Å². The van der Waals surface area contributed by atoms with Gasteiger partial charge in [0.1, 0.15) is 0 Å². The van der Waals surface area contributed by atoms with Crippen LogP contribution in [-0.4, -0.2) is 0 Å². The van der Waals surface area contributed by atoms with Gasteiger partial charge in [-0.1, -0.05) is 25.6 Å². The molecule has 56 valence electrons. The Morgan fingerprint density at radius 1 is 1.40 bits per heavy atom. The van der Waals surface area contributed by atoms with Gasteiger partial charge in [0.25, 0.3) is 0 Å². The predicted molar refractivity (Wildman–Crippen MR) is 47.5 cm³/mol. The third-order valence-corrected chi connectivity index (χ3v) is 2.64. The summed E-state index contributed by atoms with van der Waals surface area (Å²) in [5.74, 6) is 0. The van der Waals surface area contributed by atoms with Gasteiger partial charge in [0, 0.05) is 16.8 Å². The monoisotopic (exact) mass is 155 g/mol. The molecule has 0 atom stereocenters. The fourth-order valence-electron chi connectivity index (χ4n) is 0.998. The normalized spacial score (nSPS) is 17.4. The summed E-state index contributed by atoms with van der Waals surface area (Å²) < 4.78 is 0. The van der Waals surface area contributed by atoms with Crippen LogP contribution in [0.15, 0.2) is 22.2 Å². The Hall–Kier alpha value is -0.370. The molecule has 1 aliphatic rings. The van der Waals surface area contributed by atoms with Crippen LogP contribution in [0.1, 0.15) is 26.7 Å². The van der Waals surface area contributed by atoms with E-state index >= 15 is 0 Å². The summed E-state index contributed by atoms with van der Waals surface area (Å²) in [6.45, 7) is 4.37. The van der Waals surface area contributed by atoms with E-state index in [9.17, 15) is 0 Å². The van der Waals surface area contributed by atoms with Crippen molar-refractivity contribution in [2.45, 2.75) is 26.7 Å². The predicted octanol–water partition coefficient (Wildman–Crippen LogP) is 2.83. The van der Waals surface area contributed by atoms with Gasteiger partial charge < -0.3 is 5.32 Å². The van der Waals surface area contributed by atoms with Crippen molar-refractivity contribution < 1.29 is 0 Å². The molecule has 1 heterocycles. The summed E-state index contributed by atoms with van der Waals surface area (Å²) >= 11 is 1.83. The Morgan fingerprint density at radius 3 is 2.70 bits per heavy atom. The number of allylic oxidation sites excluding steroid dienone is 2. The molecule has 1 N–H and O–H groups in total. The molecule has 0 aromatic heterocycles. The molecule has 0 aromatic rings. The van der Waals surface area contributed by atoms with Gasteiger partial charge in [0.05, 0.1) is 0 Å². The van der Waals surface area contributed by atoms with Gasteiger partial charge >= 0.3 is 0 Å². The van der Waals surface area contributed by atoms with Crippen molar-refractivity contribution in [2.24, 2.45) is 0 Å². The molecule has 0 amide bonds. The number of rotatable bonds is 2. The third-order valence-electron chi connectivity index (χ3n) is 1.55. The Kier molecular flexibility index (Phi) is 2.87. The Morgan fingerprint density at radius 2 is 2.20 bits per heavy atom. The quantitative estimate of drug-likeness (QED) is 0.658. The second kappa shape index (κ2) is 3.71. The van der Waals surface area contributed by atoms with Gasteiger partial charge in [-0.05, 0) is 18.2 Å². The topological polar surface area (TPSA) is 12.0 Å². The van der Waals surface area contributed by atoms with E-state index < -0.39 is 0 Å². The zero-order valence-corrected chi connectivity index (χ0v) is 7.29. The Labute approximate surface area is 66.6 Å². The molecule has 0 radical (unpaired) electrons. The van der Waals surface area contributed by atoms with Crippen molar-refractivity contribution in [2.75, 3.05) is 0 Å².